The average molecular weight is 261 g/mol. The van der Waals surface area contributed by atoms with Crippen LogP contribution in [0.1, 0.15) is 19.3 Å². The molecule has 1 fully saturated rings. The van der Waals surface area contributed by atoms with Gasteiger partial charge < -0.3 is 15.2 Å². The zero-order chi connectivity index (χ0) is 13.2. The minimum absolute atomic E-state index is 0.240. The van der Waals surface area contributed by atoms with E-state index in [0.29, 0.717) is 5.69 Å². The number of nitrogens with zero attached hydrogens (tertiary/aromatic N) is 2. The van der Waals surface area contributed by atoms with Crippen molar-refractivity contribution in [3.63, 3.8) is 0 Å². The number of nitrogens with two attached hydrogens (primary N) is 1. The fraction of sp³-hybridized carbons (Fsp3) is 0.357. The molecular formula is C14H16FN3O. The van der Waals surface area contributed by atoms with E-state index in [1.807, 2.05) is 0 Å². The molecule has 0 aliphatic carbocycles. The smallest absolute Gasteiger partial charge is 0.222 e. The summed E-state index contributed by atoms with van der Waals surface area (Å²) in [6.07, 6.45) is 3.58. The van der Waals surface area contributed by atoms with Gasteiger partial charge in [-0.3, -0.25) is 0 Å². The topological polar surface area (TPSA) is 55.3 Å². The highest BCUT2D eigenvalue weighted by Gasteiger charge is 2.18. The van der Waals surface area contributed by atoms with E-state index < -0.39 is 0 Å². The highest BCUT2D eigenvalue weighted by molar-refractivity contribution is 5.77. The zero-order valence-corrected chi connectivity index (χ0v) is 10.6. The SMILES string of the molecule is Nc1cc(-c2cc(F)ccc2N2CCCCC2)no1. The van der Waals surface area contributed by atoms with Crippen molar-refractivity contribution >= 4 is 11.6 Å². The van der Waals surface area contributed by atoms with Crippen molar-refractivity contribution in [2.24, 2.45) is 0 Å². The first-order chi connectivity index (χ1) is 9.24. The molecule has 19 heavy (non-hydrogen) atoms. The Morgan fingerprint density at radius 3 is 2.63 bits per heavy atom. The number of nitrogen functional groups attached to an aromatic ring is 1. The van der Waals surface area contributed by atoms with Crippen LogP contribution in [-0.2, 0) is 0 Å². The first kappa shape index (κ1) is 12.0. The molecule has 0 bridgehead atoms. The minimum atomic E-state index is -0.280. The normalized spacial score (nSPS) is 15.7. The molecule has 1 aromatic carbocycles. The Morgan fingerprint density at radius 2 is 1.95 bits per heavy atom. The molecule has 4 nitrogen and oxygen atoms in total. The van der Waals surface area contributed by atoms with Crippen LogP contribution in [0.4, 0.5) is 16.0 Å². The Hall–Kier alpha value is -2.04. The summed E-state index contributed by atoms with van der Waals surface area (Å²) in [6.45, 7) is 1.98. The van der Waals surface area contributed by atoms with E-state index >= 15 is 0 Å². The molecule has 2 heterocycles. The number of halogens is 1. The maximum absolute atomic E-state index is 13.5. The van der Waals surface area contributed by atoms with Crippen LogP contribution in [0.2, 0.25) is 0 Å². The van der Waals surface area contributed by atoms with E-state index in [-0.39, 0.29) is 11.7 Å². The molecule has 0 unspecified atom stereocenters. The fourth-order valence-corrected chi connectivity index (χ4v) is 2.54. The Bertz CT molecular complexity index is 576. The third-order valence-corrected chi connectivity index (χ3v) is 3.46. The van der Waals surface area contributed by atoms with Gasteiger partial charge in [0.05, 0.1) is 0 Å². The van der Waals surface area contributed by atoms with E-state index in [1.54, 1.807) is 12.1 Å². The van der Waals surface area contributed by atoms with Gasteiger partial charge in [0.2, 0.25) is 5.88 Å². The summed E-state index contributed by atoms with van der Waals surface area (Å²) in [5, 5.41) is 3.89. The van der Waals surface area contributed by atoms with Crippen LogP contribution in [0.25, 0.3) is 11.3 Å². The van der Waals surface area contributed by atoms with Crippen molar-refractivity contribution in [1.29, 1.82) is 0 Å². The molecule has 0 atom stereocenters. The molecule has 2 aromatic rings. The van der Waals surface area contributed by atoms with Crippen molar-refractivity contribution in [1.82, 2.24) is 5.16 Å². The predicted octanol–water partition coefficient (Wildman–Crippen LogP) is 3.05. The number of hydrogen-bond donors (Lipinski definition) is 1. The summed E-state index contributed by atoms with van der Waals surface area (Å²) >= 11 is 0. The third kappa shape index (κ3) is 2.41. The number of anilines is 2. The number of aromatic nitrogens is 1. The highest BCUT2D eigenvalue weighted by atomic mass is 19.1. The van der Waals surface area contributed by atoms with Crippen LogP contribution in [-0.4, -0.2) is 18.2 Å². The van der Waals surface area contributed by atoms with E-state index in [0.717, 1.165) is 37.2 Å². The van der Waals surface area contributed by atoms with Crippen LogP contribution < -0.4 is 10.6 Å². The second-order valence-electron chi connectivity index (χ2n) is 4.82. The molecule has 1 saturated heterocycles. The second-order valence-corrected chi connectivity index (χ2v) is 4.82. The largest absolute Gasteiger partial charge is 0.371 e. The number of hydrogen-bond acceptors (Lipinski definition) is 4. The van der Waals surface area contributed by atoms with Gasteiger partial charge in [0, 0.05) is 30.4 Å². The second kappa shape index (κ2) is 4.91. The maximum Gasteiger partial charge on any atom is 0.222 e. The van der Waals surface area contributed by atoms with Crippen molar-refractivity contribution in [2.45, 2.75) is 19.3 Å². The molecule has 0 spiro atoms. The molecule has 1 aliphatic heterocycles. The Morgan fingerprint density at radius 1 is 1.16 bits per heavy atom. The first-order valence-corrected chi connectivity index (χ1v) is 6.51. The molecule has 0 amide bonds. The van der Waals surface area contributed by atoms with Gasteiger partial charge in [-0.15, -0.1) is 0 Å². The van der Waals surface area contributed by atoms with Gasteiger partial charge >= 0.3 is 0 Å². The summed E-state index contributed by atoms with van der Waals surface area (Å²) in [4.78, 5) is 2.27. The van der Waals surface area contributed by atoms with Gasteiger partial charge in [0.25, 0.3) is 0 Å². The third-order valence-electron chi connectivity index (χ3n) is 3.46. The highest BCUT2D eigenvalue weighted by Crippen LogP contribution is 2.33. The molecule has 0 saturated carbocycles. The van der Waals surface area contributed by atoms with Gasteiger partial charge in [-0.25, -0.2) is 4.39 Å². The van der Waals surface area contributed by atoms with Gasteiger partial charge in [0.1, 0.15) is 11.5 Å². The van der Waals surface area contributed by atoms with Crippen molar-refractivity contribution in [3.05, 3.63) is 30.1 Å². The Kier molecular flexibility index (Phi) is 3.11. The zero-order valence-electron chi connectivity index (χ0n) is 10.6. The molecule has 1 aliphatic rings. The molecular weight excluding hydrogens is 245 g/mol. The number of rotatable bonds is 2. The van der Waals surface area contributed by atoms with E-state index in [1.165, 1.54) is 18.6 Å². The number of piperidine rings is 1. The lowest BCUT2D eigenvalue weighted by atomic mass is 10.0. The van der Waals surface area contributed by atoms with Crippen molar-refractivity contribution in [2.75, 3.05) is 23.7 Å². The van der Waals surface area contributed by atoms with Crippen LogP contribution in [0.3, 0.4) is 0 Å². The Balaban J connectivity index is 2.03. The van der Waals surface area contributed by atoms with Gasteiger partial charge in [-0.05, 0) is 37.5 Å². The van der Waals surface area contributed by atoms with Gasteiger partial charge in [-0.2, -0.15) is 0 Å². The lowest BCUT2D eigenvalue weighted by molar-refractivity contribution is 0.439. The average Bonchev–Trinajstić information content (AvgIpc) is 2.86. The maximum atomic E-state index is 13.5. The quantitative estimate of drug-likeness (QED) is 0.902. The summed E-state index contributed by atoms with van der Waals surface area (Å²) < 4.78 is 18.4. The molecule has 2 N–H and O–H groups in total. The van der Waals surface area contributed by atoms with E-state index in [9.17, 15) is 4.39 Å². The van der Waals surface area contributed by atoms with Crippen LogP contribution in [0.5, 0.6) is 0 Å². The lowest BCUT2D eigenvalue weighted by Gasteiger charge is -2.30. The minimum Gasteiger partial charge on any atom is -0.371 e. The summed E-state index contributed by atoms with van der Waals surface area (Å²) in [5.74, 6) is -0.0406. The molecule has 5 heteroatoms. The lowest BCUT2D eigenvalue weighted by Crippen LogP contribution is -2.29. The molecule has 0 radical (unpaired) electrons. The summed E-state index contributed by atoms with van der Waals surface area (Å²) in [7, 11) is 0. The van der Waals surface area contributed by atoms with Gasteiger partial charge in [0.15, 0.2) is 0 Å². The summed E-state index contributed by atoms with van der Waals surface area (Å²) in [5.41, 5.74) is 7.86. The number of benzene rings is 1. The van der Waals surface area contributed by atoms with E-state index in [2.05, 4.69) is 10.1 Å². The van der Waals surface area contributed by atoms with Crippen molar-refractivity contribution < 1.29 is 8.91 Å². The first-order valence-electron chi connectivity index (χ1n) is 6.51. The summed E-state index contributed by atoms with van der Waals surface area (Å²) in [6, 6.07) is 6.40. The monoisotopic (exact) mass is 261 g/mol. The Labute approximate surface area is 111 Å². The fourth-order valence-electron chi connectivity index (χ4n) is 2.54. The van der Waals surface area contributed by atoms with Crippen LogP contribution in [0.15, 0.2) is 28.8 Å². The van der Waals surface area contributed by atoms with Gasteiger partial charge in [-0.1, -0.05) is 5.16 Å². The molecule has 3 rings (SSSR count). The standard InChI is InChI=1S/C14H16FN3O/c15-10-4-5-13(18-6-2-1-3-7-18)11(8-10)12-9-14(16)19-17-12/h4-5,8-9H,1-3,6-7,16H2. The van der Waals surface area contributed by atoms with Crippen LogP contribution in [0, 0.1) is 5.82 Å². The molecule has 100 valence electrons. The van der Waals surface area contributed by atoms with Crippen LogP contribution >= 0.6 is 0 Å². The molecule has 1 aromatic heterocycles. The predicted molar refractivity (Wildman–Crippen MR) is 72.4 cm³/mol. The van der Waals surface area contributed by atoms with Crippen molar-refractivity contribution in [3.8, 4) is 11.3 Å². The van der Waals surface area contributed by atoms with E-state index in [4.69, 9.17) is 10.3 Å².